The molecule has 0 aliphatic rings. The third kappa shape index (κ3) is 2.98. The van der Waals surface area contributed by atoms with Gasteiger partial charge in [0.2, 0.25) is 0 Å². The standard InChI is InChI=1S/C10H16F3N3/c1-9(2,6-16(3)4)8-14-5-7(15-8)10(11,12)13/h5H,6H2,1-4H3,(H,14,15). The summed E-state index contributed by atoms with van der Waals surface area (Å²) in [5.74, 6) is 0.355. The van der Waals surface area contributed by atoms with Crippen LogP contribution in [0.5, 0.6) is 0 Å². The highest BCUT2D eigenvalue weighted by Gasteiger charge is 2.35. The first-order valence-electron chi connectivity index (χ1n) is 4.91. The Hall–Kier alpha value is -1.04. The van der Waals surface area contributed by atoms with Crippen molar-refractivity contribution >= 4 is 0 Å². The van der Waals surface area contributed by atoms with Gasteiger partial charge in [-0.3, -0.25) is 0 Å². The molecule has 0 bridgehead atoms. The Kier molecular flexibility index (Phi) is 3.33. The van der Waals surface area contributed by atoms with E-state index in [2.05, 4.69) is 9.97 Å². The molecule has 1 N–H and O–H groups in total. The predicted molar refractivity (Wildman–Crippen MR) is 55.2 cm³/mol. The monoisotopic (exact) mass is 235 g/mol. The molecule has 1 rings (SSSR count). The number of nitrogens with one attached hydrogen (secondary N) is 1. The molecule has 0 atom stereocenters. The molecule has 1 heterocycles. The van der Waals surface area contributed by atoms with Gasteiger partial charge in [-0.2, -0.15) is 13.2 Å². The number of alkyl halides is 3. The van der Waals surface area contributed by atoms with Crippen molar-refractivity contribution < 1.29 is 13.2 Å². The van der Waals surface area contributed by atoms with Crippen molar-refractivity contribution in [1.29, 1.82) is 0 Å². The number of aromatic nitrogens is 2. The second-order valence-corrected chi connectivity index (χ2v) is 4.75. The molecule has 0 unspecified atom stereocenters. The van der Waals surface area contributed by atoms with Crippen molar-refractivity contribution in [2.75, 3.05) is 20.6 Å². The van der Waals surface area contributed by atoms with E-state index in [1.807, 2.05) is 32.8 Å². The van der Waals surface area contributed by atoms with E-state index < -0.39 is 17.3 Å². The lowest BCUT2D eigenvalue weighted by Gasteiger charge is -2.26. The number of hydrogen-bond acceptors (Lipinski definition) is 2. The first-order valence-corrected chi connectivity index (χ1v) is 4.91. The van der Waals surface area contributed by atoms with Gasteiger partial charge in [-0.25, -0.2) is 4.98 Å². The van der Waals surface area contributed by atoms with E-state index in [0.717, 1.165) is 6.20 Å². The summed E-state index contributed by atoms with van der Waals surface area (Å²) in [6, 6.07) is 0. The van der Waals surface area contributed by atoms with E-state index >= 15 is 0 Å². The van der Waals surface area contributed by atoms with Crippen LogP contribution in [0.25, 0.3) is 0 Å². The fraction of sp³-hybridized carbons (Fsp3) is 0.700. The summed E-state index contributed by atoms with van der Waals surface area (Å²) in [5, 5.41) is 0. The lowest BCUT2D eigenvalue weighted by atomic mass is 9.92. The number of hydrogen-bond donors (Lipinski definition) is 1. The minimum Gasteiger partial charge on any atom is -0.347 e. The molecule has 0 aliphatic carbocycles. The van der Waals surface area contributed by atoms with Gasteiger partial charge in [-0.05, 0) is 14.1 Å². The smallest absolute Gasteiger partial charge is 0.347 e. The predicted octanol–water partition coefficient (Wildman–Crippen LogP) is 2.27. The molecule has 0 radical (unpaired) electrons. The van der Waals surface area contributed by atoms with Crippen LogP contribution in [0.2, 0.25) is 0 Å². The highest BCUT2D eigenvalue weighted by molar-refractivity contribution is 5.12. The molecule has 0 amide bonds. The van der Waals surface area contributed by atoms with Gasteiger partial charge in [-0.15, -0.1) is 0 Å². The molecule has 3 nitrogen and oxygen atoms in total. The largest absolute Gasteiger partial charge is 0.434 e. The Balaban J connectivity index is 2.93. The van der Waals surface area contributed by atoms with Crippen molar-refractivity contribution in [2.24, 2.45) is 0 Å². The minimum atomic E-state index is -4.39. The highest BCUT2D eigenvalue weighted by atomic mass is 19.4. The maximum absolute atomic E-state index is 12.4. The van der Waals surface area contributed by atoms with Crippen LogP contribution in [0.15, 0.2) is 6.20 Å². The van der Waals surface area contributed by atoms with Crippen molar-refractivity contribution in [3.8, 4) is 0 Å². The summed E-state index contributed by atoms with van der Waals surface area (Å²) in [7, 11) is 3.74. The number of likely N-dealkylation sites (N-methyl/N-ethyl adjacent to an activating group) is 1. The summed E-state index contributed by atoms with van der Waals surface area (Å²) in [6.45, 7) is 4.33. The van der Waals surface area contributed by atoms with Crippen LogP contribution in [0.3, 0.4) is 0 Å². The lowest BCUT2D eigenvalue weighted by Crippen LogP contribution is -2.33. The Morgan fingerprint density at radius 2 is 1.88 bits per heavy atom. The van der Waals surface area contributed by atoms with Crippen LogP contribution < -0.4 is 0 Å². The lowest BCUT2D eigenvalue weighted by molar-refractivity contribution is -0.141. The Labute approximate surface area is 92.7 Å². The first kappa shape index (κ1) is 13.0. The van der Waals surface area contributed by atoms with Gasteiger partial charge in [0.05, 0.1) is 0 Å². The van der Waals surface area contributed by atoms with Crippen LogP contribution in [-0.4, -0.2) is 35.5 Å². The van der Waals surface area contributed by atoms with Crippen LogP contribution >= 0.6 is 0 Å². The quantitative estimate of drug-likeness (QED) is 0.871. The molecule has 0 spiro atoms. The maximum atomic E-state index is 12.4. The molecular weight excluding hydrogens is 219 g/mol. The van der Waals surface area contributed by atoms with Crippen molar-refractivity contribution in [3.63, 3.8) is 0 Å². The van der Waals surface area contributed by atoms with Crippen molar-refractivity contribution in [3.05, 3.63) is 17.7 Å². The van der Waals surface area contributed by atoms with Gasteiger partial charge in [0, 0.05) is 18.2 Å². The fourth-order valence-electron chi connectivity index (χ4n) is 1.68. The number of aromatic amines is 1. The molecule has 0 fully saturated rings. The molecule has 1 aromatic heterocycles. The molecule has 1 aromatic rings. The third-order valence-corrected chi connectivity index (χ3v) is 2.22. The maximum Gasteiger partial charge on any atom is 0.434 e. The van der Waals surface area contributed by atoms with E-state index in [9.17, 15) is 13.2 Å². The summed E-state index contributed by atoms with van der Waals surface area (Å²) in [5.41, 5.74) is -1.30. The molecule has 0 saturated carbocycles. The van der Waals surface area contributed by atoms with Crippen LogP contribution in [0.4, 0.5) is 13.2 Å². The fourth-order valence-corrected chi connectivity index (χ4v) is 1.68. The topological polar surface area (TPSA) is 31.9 Å². The molecular formula is C10H16F3N3. The number of H-pyrrole nitrogens is 1. The molecule has 0 aliphatic heterocycles. The number of halogens is 3. The zero-order chi connectivity index (χ0) is 12.6. The second kappa shape index (κ2) is 4.08. The SMILES string of the molecule is CN(C)CC(C)(C)c1nc(C(F)(F)F)c[nH]1. The van der Waals surface area contributed by atoms with Crippen molar-refractivity contribution in [2.45, 2.75) is 25.4 Å². The van der Waals surface area contributed by atoms with Crippen molar-refractivity contribution in [1.82, 2.24) is 14.9 Å². The Morgan fingerprint density at radius 3 is 2.25 bits per heavy atom. The van der Waals surface area contributed by atoms with E-state index in [-0.39, 0.29) is 0 Å². The van der Waals surface area contributed by atoms with E-state index in [1.165, 1.54) is 0 Å². The third-order valence-electron chi connectivity index (χ3n) is 2.22. The van der Waals surface area contributed by atoms with Crippen LogP contribution in [0, 0.1) is 0 Å². The number of nitrogens with zero attached hydrogens (tertiary/aromatic N) is 2. The summed E-state index contributed by atoms with van der Waals surface area (Å²) in [4.78, 5) is 8.11. The summed E-state index contributed by atoms with van der Waals surface area (Å²) < 4.78 is 37.1. The van der Waals surface area contributed by atoms with E-state index in [1.54, 1.807) is 0 Å². The zero-order valence-corrected chi connectivity index (χ0v) is 9.81. The van der Waals surface area contributed by atoms with E-state index in [4.69, 9.17) is 0 Å². The van der Waals surface area contributed by atoms with E-state index in [0.29, 0.717) is 12.4 Å². The first-order chi connectivity index (χ1) is 7.13. The van der Waals surface area contributed by atoms with Gasteiger partial charge in [0.25, 0.3) is 0 Å². The van der Waals surface area contributed by atoms with Crippen LogP contribution in [-0.2, 0) is 11.6 Å². The second-order valence-electron chi connectivity index (χ2n) is 4.75. The summed E-state index contributed by atoms with van der Waals surface area (Å²) in [6.07, 6.45) is -3.48. The number of rotatable bonds is 3. The average molecular weight is 235 g/mol. The zero-order valence-electron chi connectivity index (χ0n) is 9.81. The molecule has 92 valence electrons. The molecule has 0 saturated heterocycles. The van der Waals surface area contributed by atoms with Gasteiger partial charge in [-0.1, -0.05) is 13.8 Å². The minimum absolute atomic E-state index is 0.355. The molecule has 6 heteroatoms. The van der Waals surface area contributed by atoms with Gasteiger partial charge < -0.3 is 9.88 Å². The van der Waals surface area contributed by atoms with Gasteiger partial charge >= 0.3 is 6.18 Å². The summed E-state index contributed by atoms with van der Waals surface area (Å²) >= 11 is 0. The number of imidazole rings is 1. The molecule has 16 heavy (non-hydrogen) atoms. The van der Waals surface area contributed by atoms with Gasteiger partial charge in [0.15, 0.2) is 5.69 Å². The van der Waals surface area contributed by atoms with Crippen LogP contribution in [0.1, 0.15) is 25.4 Å². The Morgan fingerprint density at radius 1 is 1.31 bits per heavy atom. The van der Waals surface area contributed by atoms with Gasteiger partial charge in [0.1, 0.15) is 5.82 Å². The average Bonchev–Trinajstić information content (AvgIpc) is 2.47. The Bertz CT molecular complexity index is 352. The normalized spacial score (nSPS) is 13.5. The highest BCUT2D eigenvalue weighted by Crippen LogP contribution is 2.30. The molecule has 0 aromatic carbocycles.